The number of primary amides is 1. The van der Waals surface area contributed by atoms with Crippen molar-refractivity contribution in [2.75, 3.05) is 0 Å². The van der Waals surface area contributed by atoms with Gasteiger partial charge in [0.25, 0.3) is 0 Å². The van der Waals surface area contributed by atoms with Crippen LogP contribution in [-0.2, 0) is 25.7 Å². The molecule has 0 aliphatic carbocycles. The third-order valence-electron chi connectivity index (χ3n) is 3.16. The fourth-order valence-electron chi connectivity index (χ4n) is 1.74. The second kappa shape index (κ2) is 10.2. The number of carbonyl (C=O) groups is 3. The van der Waals surface area contributed by atoms with Crippen molar-refractivity contribution in [2.45, 2.75) is 45.1 Å². The van der Waals surface area contributed by atoms with E-state index in [0.29, 0.717) is 6.42 Å². The number of nitrogens with two attached hydrogens (primary N) is 2. The van der Waals surface area contributed by atoms with Crippen LogP contribution >= 0.6 is 0 Å². The lowest BCUT2D eigenvalue weighted by Crippen LogP contribution is -2.39. The molecule has 0 fully saturated rings. The van der Waals surface area contributed by atoms with Gasteiger partial charge >= 0.3 is 12.1 Å². The van der Waals surface area contributed by atoms with Crippen LogP contribution in [0.5, 0.6) is 0 Å². The summed E-state index contributed by atoms with van der Waals surface area (Å²) in [5.41, 5.74) is 11.3. The number of carbonyl (C=O) groups excluding carboxylic acids is 3. The summed E-state index contributed by atoms with van der Waals surface area (Å²) in [4.78, 5) is 34.2. The van der Waals surface area contributed by atoms with E-state index in [9.17, 15) is 14.4 Å². The molecular weight excluding hydrogens is 314 g/mol. The number of hydrogen-bond acceptors (Lipinski definition) is 6. The zero-order chi connectivity index (χ0) is 17.9. The summed E-state index contributed by atoms with van der Waals surface area (Å²) in [7, 11) is 0. The van der Waals surface area contributed by atoms with E-state index in [1.807, 2.05) is 30.3 Å². The van der Waals surface area contributed by atoms with Gasteiger partial charge in [0, 0.05) is 12.8 Å². The lowest BCUT2D eigenvalue weighted by Gasteiger charge is -2.18. The monoisotopic (exact) mass is 337 g/mol. The van der Waals surface area contributed by atoms with E-state index < -0.39 is 30.2 Å². The molecule has 24 heavy (non-hydrogen) atoms. The summed E-state index contributed by atoms with van der Waals surface area (Å²) in [5.74, 6) is -1.26. The Morgan fingerprint density at radius 3 is 2.46 bits per heavy atom. The number of amides is 2. The maximum Gasteiger partial charge on any atom is 0.410 e. The van der Waals surface area contributed by atoms with Gasteiger partial charge in [-0.05, 0) is 12.0 Å². The van der Waals surface area contributed by atoms with E-state index in [2.05, 4.69) is 5.32 Å². The van der Waals surface area contributed by atoms with Crippen LogP contribution < -0.4 is 16.8 Å². The van der Waals surface area contributed by atoms with E-state index in [4.69, 9.17) is 20.9 Å². The number of alkyl carbamates (subject to hydrolysis) is 1. The molecule has 0 aliphatic heterocycles. The standard InChI is InChI=1S/C16H23N3O5/c1-2-13(24-14(20)9-8-12(17)15(18)21)19-16(22)23-10-11-6-4-3-5-7-11/h3-7,12-13H,2,8-10,17H2,1H3,(H2,18,21)(H,19,22)/t12-,13?/m0/s1. The Morgan fingerprint density at radius 2 is 1.88 bits per heavy atom. The molecule has 0 heterocycles. The second-order valence-corrected chi connectivity index (χ2v) is 5.14. The van der Waals surface area contributed by atoms with Gasteiger partial charge < -0.3 is 20.9 Å². The third kappa shape index (κ3) is 7.59. The summed E-state index contributed by atoms with van der Waals surface area (Å²) < 4.78 is 10.1. The van der Waals surface area contributed by atoms with Crippen molar-refractivity contribution in [1.29, 1.82) is 0 Å². The maximum atomic E-state index is 11.7. The minimum absolute atomic E-state index is 0.0681. The Balaban J connectivity index is 2.33. The molecular formula is C16H23N3O5. The zero-order valence-electron chi connectivity index (χ0n) is 13.6. The van der Waals surface area contributed by atoms with E-state index in [1.54, 1.807) is 6.92 Å². The molecule has 0 saturated heterocycles. The normalized spacial score (nSPS) is 12.8. The molecule has 1 aromatic rings. The topological polar surface area (TPSA) is 134 Å². The Labute approximate surface area is 140 Å². The molecule has 5 N–H and O–H groups in total. The highest BCUT2D eigenvalue weighted by molar-refractivity contribution is 5.80. The molecule has 8 nitrogen and oxygen atoms in total. The predicted molar refractivity (Wildman–Crippen MR) is 86.3 cm³/mol. The SMILES string of the molecule is CCC(NC(=O)OCc1ccccc1)OC(=O)CC[C@H](N)C(N)=O. The van der Waals surface area contributed by atoms with Crippen molar-refractivity contribution in [3.8, 4) is 0 Å². The maximum absolute atomic E-state index is 11.7. The number of esters is 1. The fourth-order valence-corrected chi connectivity index (χ4v) is 1.74. The van der Waals surface area contributed by atoms with Crippen molar-refractivity contribution >= 4 is 18.0 Å². The molecule has 2 amide bonds. The Kier molecular flexibility index (Phi) is 8.28. The molecule has 0 aromatic heterocycles. The predicted octanol–water partition coefficient (Wildman–Crippen LogP) is 0.785. The zero-order valence-corrected chi connectivity index (χ0v) is 13.6. The minimum Gasteiger partial charge on any atom is -0.445 e. The number of benzene rings is 1. The Bertz CT molecular complexity index is 550. The Morgan fingerprint density at radius 1 is 1.21 bits per heavy atom. The number of ether oxygens (including phenoxy) is 2. The average molecular weight is 337 g/mol. The first-order valence-electron chi connectivity index (χ1n) is 7.64. The van der Waals surface area contributed by atoms with E-state index >= 15 is 0 Å². The lowest BCUT2D eigenvalue weighted by atomic mass is 10.1. The highest BCUT2D eigenvalue weighted by Gasteiger charge is 2.18. The van der Waals surface area contributed by atoms with Gasteiger partial charge in [-0.2, -0.15) is 0 Å². The minimum atomic E-state index is -0.901. The lowest BCUT2D eigenvalue weighted by molar-refractivity contribution is -0.150. The molecule has 0 bridgehead atoms. The van der Waals surface area contributed by atoms with Crippen molar-refractivity contribution in [3.63, 3.8) is 0 Å². The fraction of sp³-hybridized carbons (Fsp3) is 0.438. The van der Waals surface area contributed by atoms with Gasteiger partial charge in [-0.25, -0.2) is 4.79 Å². The summed E-state index contributed by atoms with van der Waals surface area (Å²) in [6.07, 6.45) is -1.11. The third-order valence-corrected chi connectivity index (χ3v) is 3.16. The van der Waals surface area contributed by atoms with Crippen LogP contribution in [0.3, 0.4) is 0 Å². The number of rotatable bonds is 9. The van der Waals surface area contributed by atoms with Gasteiger partial charge in [0.2, 0.25) is 5.91 Å². The highest BCUT2D eigenvalue weighted by Crippen LogP contribution is 2.04. The summed E-state index contributed by atoms with van der Waals surface area (Å²) in [5, 5.41) is 2.45. The van der Waals surface area contributed by atoms with Gasteiger partial charge in [-0.15, -0.1) is 0 Å². The van der Waals surface area contributed by atoms with E-state index in [0.717, 1.165) is 5.56 Å². The van der Waals surface area contributed by atoms with Crippen LogP contribution in [0.4, 0.5) is 4.79 Å². The molecule has 2 atom stereocenters. The first-order valence-corrected chi connectivity index (χ1v) is 7.64. The van der Waals surface area contributed by atoms with Gasteiger partial charge in [0.05, 0.1) is 6.04 Å². The number of nitrogens with one attached hydrogen (secondary N) is 1. The molecule has 0 aliphatic rings. The quantitative estimate of drug-likeness (QED) is 0.450. The Hall–Kier alpha value is -2.61. The summed E-state index contributed by atoms with van der Waals surface area (Å²) in [6, 6.07) is 8.29. The second-order valence-electron chi connectivity index (χ2n) is 5.14. The molecule has 0 saturated carbocycles. The molecule has 0 radical (unpaired) electrons. The average Bonchev–Trinajstić information content (AvgIpc) is 2.58. The van der Waals surface area contributed by atoms with Crippen LogP contribution in [0.2, 0.25) is 0 Å². The van der Waals surface area contributed by atoms with Crippen LogP contribution in [-0.4, -0.2) is 30.2 Å². The van der Waals surface area contributed by atoms with Crippen molar-refractivity contribution in [1.82, 2.24) is 5.32 Å². The van der Waals surface area contributed by atoms with Gasteiger partial charge in [-0.3, -0.25) is 14.9 Å². The highest BCUT2D eigenvalue weighted by atomic mass is 16.6. The largest absolute Gasteiger partial charge is 0.445 e. The van der Waals surface area contributed by atoms with Crippen molar-refractivity contribution in [3.05, 3.63) is 35.9 Å². The summed E-state index contributed by atoms with van der Waals surface area (Å²) in [6.45, 7) is 1.86. The van der Waals surface area contributed by atoms with Gasteiger partial charge in [0.1, 0.15) is 6.61 Å². The molecule has 1 rings (SSSR count). The smallest absolute Gasteiger partial charge is 0.410 e. The van der Waals surface area contributed by atoms with Crippen molar-refractivity contribution in [2.24, 2.45) is 11.5 Å². The van der Waals surface area contributed by atoms with Gasteiger partial charge in [0.15, 0.2) is 6.23 Å². The van der Waals surface area contributed by atoms with Crippen LogP contribution in [0.15, 0.2) is 30.3 Å². The number of hydrogen-bond donors (Lipinski definition) is 3. The summed E-state index contributed by atoms with van der Waals surface area (Å²) >= 11 is 0. The molecule has 8 heteroatoms. The molecule has 132 valence electrons. The molecule has 1 unspecified atom stereocenters. The van der Waals surface area contributed by atoms with Gasteiger partial charge in [-0.1, -0.05) is 37.3 Å². The van der Waals surface area contributed by atoms with Crippen LogP contribution in [0, 0.1) is 0 Å². The van der Waals surface area contributed by atoms with Crippen molar-refractivity contribution < 1.29 is 23.9 Å². The van der Waals surface area contributed by atoms with E-state index in [1.165, 1.54) is 0 Å². The van der Waals surface area contributed by atoms with E-state index in [-0.39, 0.29) is 19.4 Å². The molecule has 0 spiro atoms. The first-order chi connectivity index (χ1) is 11.4. The van der Waals surface area contributed by atoms with Crippen LogP contribution in [0.25, 0.3) is 0 Å². The molecule has 1 aromatic carbocycles. The first kappa shape index (κ1) is 19.4. The van der Waals surface area contributed by atoms with Crippen LogP contribution in [0.1, 0.15) is 31.7 Å².